The van der Waals surface area contributed by atoms with Gasteiger partial charge in [0.2, 0.25) is 11.8 Å². The van der Waals surface area contributed by atoms with Crippen molar-refractivity contribution in [2.24, 2.45) is 0 Å². The molecule has 0 spiro atoms. The molecule has 1 aliphatic heterocycles. The lowest BCUT2D eigenvalue weighted by molar-refractivity contribution is -0.126. The summed E-state index contributed by atoms with van der Waals surface area (Å²) in [6.07, 6.45) is 0. The highest BCUT2D eigenvalue weighted by molar-refractivity contribution is 8.00. The Morgan fingerprint density at radius 1 is 1.38 bits per heavy atom. The molecule has 1 N–H and O–H groups in total. The average molecular weight is 348 g/mol. The Balaban J connectivity index is 1.66. The van der Waals surface area contributed by atoms with Crippen LogP contribution in [0.3, 0.4) is 0 Å². The van der Waals surface area contributed by atoms with Crippen LogP contribution in [0.2, 0.25) is 0 Å². The fourth-order valence-electron chi connectivity index (χ4n) is 2.21. The van der Waals surface area contributed by atoms with Crippen LogP contribution >= 0.6 is 11.8 Å². The van der Waals surface area contributed by atoms with Crippen LogP contribution in [0.25, 0.3) is 11.5 Å². The van der Waals surface area contributed by atoms with E-state index >= 15 is 0 Å². The number of ether oxygens (including phenoxy) is 1. The van der Waals surface area contributed by atoms with E-state index in [0.29, 0.717) is 19.0 Å². The van der Waals surface area contributed by atoms with Crippen molar-refractivity contribution in [3.8, 4) is 17.2 Å². The van der Waals surface area contributed by atoms with Gasteiger partial charge in [-0.25, -0.2) is 4.79 Å². The third-order valence-electron chi connectivity index (χ3n) is 3.49. The van der Waals surface area contributed by atoms with E-state index < -0.39 is 5.25 Å². The highest BCUT2D eigenvalue weighted by Crippen LogP contribution is 2.28. The molecule has 8 nitrogen and oxygen atoms in total. The van der Waals surface area contributed by atoms with Crippen LogP contribution in [-0.4, -0.2) is 52.5 Å². The van der Waals surface area contributed by atoms with E-state index in [1.807, 2.05) is 12.1 Å². The summed E-state index contributed by atoms with van der Waals surface area (Å²) in [6, 6.07) is 6.85. The van der Waals surface area contributed by atoms with Gasteiger partial charge in [0.25, 0.3) is 5.22 Å². The SMILES string of the molecule is COc1ccc(-c2nnc(SC(C)C(=O)N3CCNC3=O)o2)cc1. The monoisotopic (exact) mass is 348 g/mol. The Labute approximate surface area is 142 Å². The molecule has 0 radical (unpaired) electrons. The zero-order valence-corrected chi connectivity index (χ0v) is 14.0. The minimum Gasteiger partial charge on any atom is -0.497 e. The number of carbonyl (C=O) groups excluding carboxylic acids is 2. The number of methoxy groups -OCH3 is 1. The largest absolute Gasteiger partial charge is 0.497 e. The molecule has 126 valence electrons. The second kappa shape index (κ2) is 6.91. The van der Waals surface area contributed by atoms with Crippen LogP contribution in [0, 0.1) is 0 Å². The number of rotatable bonds is 5. The Morgan fingerprint density at radius 2 is 2.12 bits per heavy atom. The molecular weight excluding hydrogens is 332 g/mol. The van der Waals surface area contributed by atoms with E-state index in [-0.39, 0.29) is 17.2 Å². The summed E-state index contributed by atoms with van der Waals surface area (Å²) in [5, 5.41) is 10.3. The zero-order chi connectivity index (χ0) is 17.1. The second-order valence-electron chi connectivity index (χ2n) is 5.08. The molecule has 1 aliphatic rings. The van der Waals surface area contributed by atoms with Crippen molar-refractivity contribution < 1.29 is 18.7 Å². The quantitative estimate of drug-likeness (QED) is 0.822. The third-order valence-corrected chi connectivity index (χ3v) is 4.41. The van der Waals surface area contributed by atoms with Crippen molar-refractivity contribution in [1.82, 2.24) is 20.4 Å². The standard InChI is InChI=1S/C15H16N4O4S/c1-9(13(20)19-8-7-16-14(19)21)24-15-18-17-12(23-15)10-3-5-11(22-2)6-4-10/h3-6,9H,7-8H2,1-2H3,(H,16,21). The van der Waals surface area contributed by atoms with Crippen LogP contribution in [-0.2, 0) is 4.79 Å². The van der Waals surface area contributed by atoms with E-state index in [0.717, 1.165) is 23.1 Å². The predicted octanol–water partition coefficient (Wildman–Crippen LogP) is 1.78. The van der Waals surface area contributed by atoms with E-state index in [1.165, 1.54) is 4.90 Å². The number of carbonyl (C=O) groups is 2. The number of imide groups is 1. The van der Waals surface area contributed by atoms with Crippen LogP contribution in [0.5, 0.6) is 5.75 Å². The Morgan fingerprint density at radius 3 is 2.75 bits per heavy atom. The van der Waals surface area contributed by atoms with Gasteiger partial charge in [0.05, 0.1) is 12.4 Å². The summed E-state index contributed by atoms with van der Waals surface area (Å²) in [7, 11) is 1.59. The number of hydrogen-bond donors (Lipinski definition) is 1. The number of benzene rings is 1. The third kappa shape index (κ3) is 3.35. The molecular formula is C15H16N4O4S. The lowest BCUT2D eigenvalue weighted by Crippen LogP contribution is -2.38. The van der Waals surface area contributed by atoms with E-state index in [2.05, 4.69) is 15.5 Å². The van der Waals surface area contributed by atoms with Crippen molar-refractivity contribution >= 4 is 23.7 Å². The van der Waals surface area contributed by atoms with Gasteiger partial charge in [0.1, 0.15) is 5.75 Å². The van der Waals surface area contributed by atoms with Crippen molar-refractivity contribution in [1.29, 1.82) is 0 Å². The minimum absolute atomic E-state index is 0.279. The molecule has 1 fully saturated rings. The smallest absolute Gasteiger partial charge is 0.324 e. The number of amides is 3. The van der Waals surface area contributed by atoms with Crippen LogP contribution < -0.4 is 10.1 Å². The Bertz CT molecular complexity index is 746. The molecule has 1 atom stereocenters. The van der Waals surface area contributed by atoms with Gasteiger partial charge in [0, 0.05) is 18.7 Å². The van der Waals surface area contributed by atoms with Gasteiger partial charge in [-0.3, -0.25) is 9.69 Å². The normalized spacial score (nSPS) is 15.2. The highest BCUT2D eigenvalue weighted by atomic mass is 32.2. The molecule has 2 heterocycles. The van der Waals surface area contributed by atoms with E-state index in [1.54, 1.807) is 26.2 Å². The number of urea groups is 1. The van der Waals surface area contributed by atoms with Gasteiger partial charge < -0.3 is 14.5 Å². The van der Waals surface area contributed by atoms with E-state index in [9.17, 15) is 9.59 Å². The van der Waals surface area contributed by atoms with Crippen LogP contribution in [0.15, 0.2) is 33.9 Å². The van der Waals surface area contributed by atoms with Gasteiger partial charge in [-0.2, -0.15) is 0 Å². The molecule has 1 aromatic carbocycles. The van der Waals surface area contributed by atoms with Gasteiger partial charge in [-0.1, -0.05) is 11.8 Å². The average Bonchev–Trinajstić information content (AvgIpc) is 3.23. The summed E-state index contributed by atoms with van der Waals surface area (Å²) in [4.78, 5) is 25.0. The molecule has 3 rings (SSSR count). The molecule has 3 amide bonds. The van der Waals surface area contributed by atoms with Crippen molar-refractivity contribution in [3.63, 3.8) is 0 Å². The van der Waals surface area contributed by atoms with Gasteiger partial charge in [-0.05, 0) is 31.2 Å². The first-order valence-electron chi connectivity index (χ1n) is 7.32. The molecule has 24 heavy (non-hydrogen) atoms. The van der Waals surface area contributed by atoms with Gasteiger partial charge >= 0.3 is 6.03 Å². The van der Waals surface area contributed by atoms with Crippen molar-refractivity contribution in [3.05, 3.63) is 24.3 Å². The molecule has 1 unspecified atom stereocenters. The first-order chi connectivity index (χ1) is 11.6. The molecule has 1 aromatic heterocycles. The number of thioether (sulfide) groups is 1. The fourth-order valence-corrected chi connectivity index (χ4v) is 2.96. The van der Waals surface area contributed by atoms with Crippen molar-refractivity contribution in [2.45, 2.75) is 17.4 Å². The second-order valence-corrected chi connectivity index (χ2v) is 6.38. The van der Waals surface area contributed by atoms with Crippen LogP contribution in [0.1, 0.15) is 6.92 Å². The topological polar surface area (TPSA) is 97.6 Å². The lowest BCUT2D eigenvalue weighted by Gasteiger charge is -2.15. The van der Waals surface area contributed by atoms with E-state index in [4.69, 9.17) is 9.15 Å². The van der Waals surface area contributed by atoms with Crippen LogP contribution in [0.4, 0.5) is 4.79 Å². The molecule has 2 aromatic rings. The minimum atomic E-state index is -0.502. The summed E-state index contributed by atoms with van der Waals surface area (Å²) in [5.41, 5.74) is 0.757. The summed E-state index contributed by atoms with van der Waals surface area (Å²) in [5.74, 6) is 0.814. The maximum Gasteiger partial charge on any atom is 0.324 e. The molecule has 9 heteroatoms. The van der Waals surface area contributed by atoms with Gasteiger partial charge in [-0.15, -0.1) is 10.2 Å². The summed E-state index contributed by atoms with van der Waals surface area (Å²) >= 11 is 1.13. The lowest BCUT2D eigenvalue weighted by atomic mass is 10.2. The number of hydrogen-bond acceptors (Lipinski definition) is 7. The fraction of sp³-hybridized carbons (Fsp3) is 0.333. The maximum absolute atomic E-state index is 12.2. The Kier molecular flexibility index (Phi) is 4.70. The number of nitrogens with one attached hydrogen (secondary N) is 1. The van der Waals surface area contributed by atoms with Crippen molar-refractivity contribution in [2.75, 3.05) is 20.2 Å². The highest BCUT2D eigenvalue weighted by Gasteiger charge is 2.31. The molecule has 1 saturated heterocycles. The number of aromatic nitrogens is 2. The maximum atomic E-state index is 12.2. The predicted molar refractivity (Wildman–Crippen MR) is 86.7 cm³/mol. The zero-order valence-electron chi connectivity index (χ0n) is 13.2. The Hall–Kier alpha value is -2.55. The first-order valence-corrected chi connectivity index (χ1v) is 8.20. The first kappa shape index (κ1) is 16.3. The number of nitrogens with zero attached hydrogens (tertiary/aromatic N) is 3. The summed E-state index contributed by atoms with van der Waals surface area (Å²) < 4.78 is 10.7. The molecule has 0 bridgehead atoms. The summed E-state index contributed by atoms with van der Waals surface area (Å²) in [6.45, 7) is 2.56. The molecule has 0 aliphatic carbocycles. The molecule has 0 saturated carbocycles. The van der Waals surface area contributed by atoms with Gasteiger partial charge in [0.15, 0.2) is 0 Å².